The van der Waals surface area contributed by atoms with Crippen LogP contribution in [0.15, 0.2) is 407 Å². The molecule has 0 unspecified atom stereocenters. The number of hydrogen-bond acceptors (Lipinski definition) is 21. The Morgan fingerprint density at radius 2 is 0.427 bits per heavy atom. The molecule has 1 N–H and O–H groups in total. The SMILES string of the molecule is Cn1cc[n+](Cc2ccc(CO[C@H]3O[C@H](COCc4ccccc4)[C@@H](OCc4ccccc4)[C@H](OCc4ccccc4)[C@@H]3O[C@H]3O[C@H](COCc4ccccc4)[C@@H](OCc4ccccc4)[C@H](OCc4ccccc4)[C@@H]3O[C@H]3O[C@H](COCc4ccccc4)[C@@H](OCc4ccccc4)[C@H](OCc4ccccc4)[C@@H]3O[C@H]3O[C@H](COCc4ccccc4)[C@@H](OCc4ccccc4)[C@H](OCc4ccccc4)[C@@H]3O)cc2)c1.F[P-](F)(F)(F)(F)F. The van der Waals surface area contributed by atoms with Gasteiger partial charge in [-0.05, 0) is 77.9 Å². The molecule has 23 nitrogen and oxygen atoms in total. The quantitative estimate of drug-likeness (QED) is 0.0213. The van der Waals surface area contributed by atoms with E-state index in [1.807, 2.05) is 394 Å². The summed E-state index contributed by atoms with van der Waals surface area (Å²) >= 11 is 0. The second-order valence-corrected chi connectivity index (χ2v) is 39.3. The van der Waals surface area contributed by atoms with Crippen molar-refractivity contribution in [1.82, 2.24) is 4.57 Å². The van der Waals surface area contributed by atoms with Gasteiger partial charge in [-0.2, -0.15) is 0 Å². The summed E-state index contributed by atoms with van der Waals surface area (Å²) in [5, 5.41) is 14.0. The van der Waals surface area contributed by atoms with Gasteiger partial charge in [-0.15, -0.1) is 0 Å². The molecule has 4 aliphatic heterocycles. The Balaban J connectivity index is 0.00000211. The van der Waals surface area contributed by atoms with Crippen molar-refractivity contribution in [2.24, 2.45) is 7.05 Å². The summed E-state index contributed by atoms with van der Waals surface area (Å²) < 4.78 is 214. The van der Waals surface area contributed by atoms with Gasteiger partial charge in [0.25, 0.3) is 0 Å². The average molecular weight is 2080 g/mol. The van der Waals surface area contributed by atoms with Crippen LogP contribution in [0, 0.1) is 0 Å². The molecule has 0 aliphatic carbocycles. The molecule has 5 heterocycles. The van der Waals surface area contributed by atoms with Crippen molar-refractivity contribution in [3.05, 3.63) is 485 Å². The van der Waals surface area contributed by atoms with Gasteiger partial charge in [0.2, 0.25) is 6.33 Å². The number of rotatable bonds is 51. The number of aromatic nitrogens is 2. The molecule has 0 spiro atoms. The third kappa shape index (κ3) is 34.6. The van der Waals surface area contributed by atoms with E-state index in [9.17, 15) is 30.3 Å². The summed E-state index contributed by atoms with van der Waals surface area (Å²) in [5.41, 5.74) is 12.5. The summed E-state index contributed by atoms with van der Waals surface area (Å²) in [7, 11) is -8.65. The molecule has 14 aromatic rings. The summed E-state index contributed by atoms with van der Waals surface area (Å²) in [6.07, 6.45) is -19.1. The van der Waals surface area contributed by atoms with E-state index in [0.29, 0.717) is 6.54 Å². The van der Waals surface area contributed by atoms with Crippen LogP contribution in [0.1, 0.15) is 77.9 Å². The summed E-state index contributed by atoms with van der Waals surface area (Å²) in [6, 6.07) is 127. The maximum absolute atomic E-state index is 14.0. The number of aliphatic hydroxyl groups excluding tert-OH is 1. The van der Waals surface area contributed by atoms with E-state index in [2.05, 4.69) is 28.8 Å². The van der Waals surface area contributed by atoms with Crippen molar-refractivity contribution in [2.45, 2.75) is 215 Å². The number of imidazole rings is 1. The number of ether oxygens (including phenoxy) is 20. The number of aliphatic hydroxyl groups is 1. The van der Waals surface area contributed by atoms with Gasteiger partial charge in [0, 0.05) is 0 Å². The van der Waals surface area contributed by atoms with Crippen LogP contribution < -0.4 is 4.57 Å². The van der Waals surface area contributed by atoms with E-state index >= 15 is 0 Å². The average Bonchev–Trinajstić information content (AvgIpc) is 0.819. The molecule has 0 bridgehead atoms. The van der Waals surface area contributed by atoms with Crippen LogP contribution in [0.5, 0.6) is 0 Å². The zero-order chi connectivity index (χ0) is 103. The van der Waals surface area contributed by atoms with Crippen LogP contribution in [0.25, 0.3) is 0 Å². The molecular formula is C120H127F6N2O21P. The minimum absolute atomic E-state index is 0.000401. The molecular weight excluding hydrogens is 1950 g/mol. The molecule has 4 aliphatic rings. The molecule has 4 fully saturated rings. The van der Waals surface area contributed by atoms with Crippen LogP contribution in [0.3, 0.4) is 0 Å². The van der Waals surface area contributed by atoms with E-state index < -0.39 is 131 Å². The first-order valence-electron chi connectivity index (χ1n) is 50.4. The van der Waals surface area contributed by atoms with Crippen LogP contribution in [-0.2, 0) is 194 Å². The Morgan fingerprint density at radius 1 is 0.233 bits per heavy atom. The maximum atomic E-state index is 14.0. The number of aryl methyl sites for hydroxylation is 1. The van der Waals surface area contributed by atoms with Crippen LogP contribution in [-0.4, -0.2) is 159 Å². The van der Waals surface area contributed by atoms with Crippen LogP contribution >= 0.6 is 7.81 Å². The minimum atomic E-state index is -10.7. The van der Waals surface area contributed by atoms with Gasteiger partial charge in [0.1, 0.15) is 117 Å². The fraction of sp³-hybridized carbons (Fsp3) is 0.325. The Labute approximate surface area is 870 Å². The van der Waals surface area contributed by atoms with Gasteiger partial charge in [0.05, 0.1) is 119 Å². The summed E-state index contributed by atoms with van der Waals surface area (Å²) in [5.74, 6) is 0. The molecule has 13 aromatic carbocycles. The van der Waals surface area contributed by atoms with E-state index in [4.69, 9.17) is 94.7 Å². The molecule has 790 valence electrons. The Bertz CT molecular complexity index is 6190. The normalized spacial score (nSPS) is 24.4. The first kappa shape index (κ1) is 109. The molecule has 0 saturated carbocycles. The van der Waals surface area contributed by atoms with Gasteiger partial charge < -0.3 is 99.8 Å². The van der Waals surface area contributed by atoms with Crippen LogP contribution in [0.4, 0.5) is 25.2 Å². The van der Waals surface area contributed by atoms with Gasteiger partial charge >= 0.3 is 33.0 Å². The van der Waals surface area contributed by atoms with Crippen molar-refractivity contribution < 1.29 is 130 Å². The second kappa shape index (κ2) is 54.5. The topological polar surface area (TPSA) is 214 Å². The number of hydrogen-bond donors (Lipinski definition) is 1. The zero-order valence-electron chi connectivity index (χ0n) is 83.2. The monoisotopic (exact) mass is 2080 g/mol. The van der Waals surface area contributed by atoms with E-state index in [1.54, 1.807) is 0 Å². The van der Waals surface area contributed by atoms with E-state index in [0.717, 1.165) is 77.9 Å². The molecule has 1 aromatic heterocycles. The van der Waals surface area contributed by atoms with Gasteiger partial charge in [-0.1, -0.05) is 388 Å². The molecule has 0 amide bonds. The zero-order valence-corrected chi connectivity index (χ0v) is 84.1. The van der Waals surface area contributed by atoms with Crippen molar-refractivity contribution in [3.63, 3.8) is 0 Å². The summed E-state index contributed by atoms with van der Waals surface area (Å²) in [6.45, 7) is 1.73. The third-order valence-electron chi connectivity index (χ3n) is 25.7. The van der Waals surface area contributed by atoms with Crippen molar-refractivity contribution in [3.8, 4) is 0 Å². The predicted molar refractivity (Wildman–Crippen MR) is 549 cm³/mol. The molecule has 30 heteroatoms. The first-order valence-corrected chi connectivity index (χ1v) is 52.4. The third-order valence-corrected chi connectivity index (χ3v) is 25.7. The molecule has 150 heavy (non-hydrogen) atoms. The molecule has 4 saturated heterocycles. The van der Waals surface area contributed by atoms with Crippen molar-refractivity contribution >= 4 is 7.81 Å². The van der Waals surface area contributed by atoms with E-state index in [1.165, 1.54) is 0 Å². The standard InChI is InChI=1S/C120H127N2O21.F6P/c1-121-66-67-122(86-121)68-87-62-64-100(65-63-87)81-136-118-114(111(133-78-97-56-32-11-33-57-97)107(129-74-93-48-24-7-25-49-93)102(138-118)83-125-70-89-40-16-3-17-41-89)142-120-116(113(135-80-99-60-36-13-37-61-99)109(131-76-95-52-28-9-29-53-95)104(140-120)85-127-72-91-44-20-5-21-45-91)143-119-115(112(134-79-98-58-34-12-35-59-98)108(130-75-94-50-26-8-27-51-94)103(139-119)84-126-71-90-42-18-4-19-43-90)141-117-105(123)110(132-77-96-54-30-10-31-55-96)106(128-73-92-46-22-6-23-47-92)101(137-117)82-124-69-88-38-14-2-15-39-88;1-7(2,3,4,5)6/h2-67,86,101-120,123H,68-85H2,1H3;/q+1;-1/t101-,102-,103-,104-,105+,106-,107-,108-,109-,110-,111+,112+,113+,114+,115+,116+,117-,118+,119-,120-;/m1./s1. The number of halogens is 6. The Hall–Kier alpha value is -11.8. The van der Waals surface area contributed by atoms with Crippen molar-refractivity contribution in [1.29, 1.82) is 0 Å². The number of benzene rings is 13. The fourth-order valence-corrected chi connectivity index (χ4v) is 18.3. The van der Waals surface area contributed by atoms with Crippen LogP contribution in [0.2, 0.25) is 0 Å². The second-order valence-electron chi connectivity index (χ2n) is 37.4. The summed E-state index contributed by atoms with van der Waals surface area (Å²) in [4.78, 5) is 0. The predicted octanol–water partition coefficient (Wildman–Crippen LogP) is 22.2. The Kier molecular flexibility index (Phi) is 39.7. The first-order chi connectivity index (χ1) is 73.1. The van der Waals surface area contributed by atoms with Gasteiger partial charge in [0.15, 0.2) is 25.2 Å². The number of nitrogens with zero attached hydrogens (tertiary/aromatic N) is 2. The van der Waals surface area contributed by atoms with E-state index in [-0.39, 0.29) is 112 Å². The molecule has 20 atom stereocenters. The van der Waals surface area contributed by atoms with Gasteiger partial charge in [-0.3, -0.25) is 0 Å². The molecule has 18 rings (SSSR count). The fourth-order valence-electron chi connectivity index (χ4n) is 18.3. The molecule has 0 radical (unpaired) electrons. The Morgan fingerprint density at radius 3 is 0.680 bits per heavy atom. The van der Waals surface area contributed by atoms with Gasteiger partial charge in [-0.25, -0.2) is 9.13 Å². The van der Waals surface area contributed by atoms with Crippen molar-refractivity contribution in [2.75, 3.05) is 26.4 Å².